The molecule has 1 aliphatic carbocycles. The minimum atomic E-state index is -3.70. The first kappa shape index (κ1) is 16.7. The predicted octanol–water partition coefficient (Wildman–Crippen LogP) is 2.63. The van der Waals surface area contributed by atoms with Gasteiger partial charge in [0.05, 0.1) is 5.02 Å². The lowest BCUT2D eigenvalue weighted by molar-refractivity contribution is 0.255. The molecule has 118 valence electrons. The van der Waals surface area contributed by atoms with Crippen molar-refractivity contribution in [2.75, 3.05) is 14.1 Å². The van der Waals surface area contributed by atoms with Crippen molar-refractivity contribution in [1.82, 2.24) is 9.62 Å². The molecule has 0 heterocycles. The topological polar surface area (TPSA) is 49.4 Å². The molecule has 7 heteroatoms. The average molecular weight is 335 g/mol. The Hall–Kier alpha value is -0.690. The van der Waals surface area contributed by atoms with Gasteiger partial charge in [0.25, 0.3) is 0 Å². The van der Waals surface area contributed by atoms with Crippen LogP contribution in [-0.2, 0) is 10.0 Å². The molecule has 2 rings (SSSR count). The summed E-state index contributed by atoms with van der Waals surface area (Å²) in [5.74, 6) is -0.545. The van der Waals surface area contributed by atoms with Crippen molar-refractivity contribution in [1.29, 1.82) is 0 Å². The van der Waals surface area contributed by atoms with Gasteiger partial charge in [-0.05, 0) is 50.9 Å². The lowest BCUT2D eigenvalue weighted by Gasteiger charge is -2.34. The molecule has 0 bridgehead atoms. The summed E-state index contributed by atoms with van der Waals surface area (Å²) < 4.78 is 39.7. The van der Waals surface area contributed by atoms with Crippen LogP contribution in [0.15, 0.2) is 23.1 Å². The zero-order valence-electron chi connectivity index (χ0n) is 12.1. The smallest absolute Gasteiger partial charge is 0.244 e. The molecule has 1 aromatic carbocycles. The van der Waals surface area contributed by atoms with E-state index in [1.165, 1.54) is 10.4 Å². The maximum absolute atomic E-state index is 13.1. The maximum atomic E-state index is 13.1. The lowest BCUT2D eigenvalue weighted by Crippen LogP contribution is -2.42. The van der Waals surface area contributed by atoms with Crippen LogP contribution in [0.5, 0.6) is 0 Å². The SMILES string of the molecule is CNC1CCC(N(C)S(=O)(=O)c2ccc(F)cc2Cl)CC1. The molecule has 21 heavy (non-hydrogen) atoms. The van der Waals surface area contributed by atoms with E-state index in [9.17, 15) is 12.8 Å². The van der Waals surface area contributed by atoms with E-state index in [2.05, 4.69) is 5.32 Å². The Balaban J connectivity index is 2.19. The molecule has 0 spiro atoms. The molecule has 0 aliphatic heterocycles. The molecule has 0 atom stereocenters. The highest BCUT2D eigenvalue weighted by Gasteiger charge is 2.32. The van der Waals surface area contributed by atoms with E-state index in [1.807, 2.05) is 7.05 Å². The molecule has 0 aromatic heterocycles. The minimum absolute atomic E-state index is 0.0381. The van der Waals surface area contributed by atoms with Gasteiger partial charge in [-0.1, -0.05) is 11.6 Å². The van der Waals surface area contributed by atoms with Gasteiger partial charge in [0.15, 0.2) is 0 Å². The largest absolute Gasteiger partial charge is 0.317 e. The summed E-state index contributed by atoms with van der Waals surface area (Å²) in [4.78, 5) is -0.0381. The first-order valence-electron chi connectivity index (χ1n) is 6.96. The zero-order chi connectivity index (χ0) is 15.6. The van der Waals surface area contributed by atoms with E-state index in [4.69, 9.17) is 11.6 Å². The van der Waals surface area contributed by atoms with Crippen LogP contribution in [0.4, 0.5) is 4.39 Å². The van der Waals surface area contributed by atoms with Crippen LogP contribution >= 0.6 is 11.6 Å². The summed E-state index contributed by atoms with van der Waals surface area (Å²) in [6.45, 7) is 0. The Morgan fingerprint density at radius 3 is 2.43 bits per heavy atom. The third-order valence-electron chi connectivity index (χ3n) is 4.17. The van der Waals surface area contributed by atoms with Crippen LogP contribution in [-0.4, -0.2) is 38.9 Å². The molecule has 0 radical (unpaired) electrons. The first-order valence-corrected chi connectivity index (χ1v) is 8.78. The zero-order valence-corrected chi connectivity index (χ0v) is 13.7. The fourth-order valence-electron chi connectivity index (χ4n) is 2.76. The Morgan fingerprint density at radius 1 is 1.29 bits per heavy atom. The van der Waals surface area contributed by atoms with Crippen molar-refractivity contribution in [3.8, 4) is 0 Å². The summed E-state index contributed by atoms with van der Waals surface area (Å²) >= 11 is 5.89. The number of rotatable bonds is 4. The van der Waals surface area contributed by atoms with Crippen molar-refractivity contribution in [3.63, 3.8) is 0 Å². The van der Waals surface area contributed by atoms with Gasteiger partial charge in [-0.3, -0.25) is 0 Å². The quantitative estimate of drug-likeness (QED) is 0.921. The van der Waals surface area contributed by atoms with Crippen LogP contribution in [0, 0.1) is 5.82 Å². The highest BCUT2D eigenvalue weighted by Crippen LogP contribution is 2.30. The number of sulfonamides is 1. The van der Waals surface area contributed by atoms with Gasteiger partial charge in [-0.2, -0.15) is 4.31 Å². The van der Waals surface area contributed by atoms with Crippen LogP contribution < -0.4 is 5.32 Å². The Morgan fingerprint density at radius 2 is 1.90 bits per heavy atom. The van der Waals surface area contributed by atoms with Crippen LogP contribution in [0.25, 0.3) is 0 Å². The maximum Gasteiger partial charge on any atom is 0.244 e. The Bertz CT molecular complexity index is 601. The van der Waals surface area contributed by atoms with Crippen molar-refractivity contribution >= 4 is 21.6 Å². The first-order chi connectivity index (χ1) is 9.86. The molecule has 1 aliphatic rings. The fraction of sp³-hybridized carbons (Fsp3) is 0.571. The molecule has 0 unspecified atom stereocenters. The molecule has 1 N–H and O–H groups in total. The van der Waals surface area contributed by atoms with Gasteiger partial charge in [-0.25, -0.2) is 12.8 Å². The lowest BCUT2D eigenvalue weighted by atomic mass is 9.91. The highest BCUT2D eigenvalue weighted by molar-refractivity contribution is 7.89. The number of hydrogen-bond acceptors (Lipinski definition) is 3. The number of benzene rings is 1. The van der Waals surface area contributed by atoms with Gasteiger partial charge >= 0.3 is 0 Å². The van der Waals surface area contributed by atoms with Crippen LogP contribution in [0.2, 0.25) is 5.02 Å². The number of nitrogens with one attached hydrogen (secondary N) is 1. The molecule has 1 aromatic rings. The van der Waals surface area contributed by atoms with Crippen molar-refractivity contribution in [2.45, 2.75) is 42.7 Å². The number of halogens is 2. The highest BCUT2D eigenvalue weighted by atomic mass is 35.5. The summed E-state index contributed by atoms with van der Waals surface area (Å²) in [6.07, 6.45) is 3.50. The third-order valence-corrected chi connectivity index (χ3v) is 6.56. The Labute approximate surface area is 130 Å². The van der Waals surface area contributed by atoms with Gasteiger partial charge < -0.3 is 5.32 Å². The van der Waals surface area contributed by atoms with Gasteiger partial charge in [0, 0.05) is 19.1 Å². The van der Waals surface area contributed by atoms with Crippen molar-refractivity contribution in [3.05, 3.63) is 29.0 Å². The van der Waals surface area contributed by atoms with Gasteiger partial charge in [-0.15, -0.1) is 0 Å². The number of nitrogens with zero attached hydrogens (tertiary/aromatic N) is 1. The second-order valence-corrected chi connectivity index (χ2v) is 7.76. The molecular weight excluding hydrogens is 315 g/mol. The van der Waals surface area contributed by atoms with Gasteiger partial charge in [0.1, 0.15) is 10.7 Å². The second kappa shape index (κ2) is 6.60. The average Bonchev–Trinajstić information content (AvgIpc) is 2.46. The monoisotopic (exact) mass is 334 g/mol. The molecular formula is C14H20ClFN2O2S. The summed E-state index contributed by atoms with van der Waals surface area (Å²) in [5, 5.41) is 3.14. The van der Waals surface area contributed by atoms with Crippen molar-refractivity contribution < 1.29 is 12.8 Å². The second-order valence-electron chi connectivity index (χ2n) is 5.39. The molecule has 0 saturated heterocycles. The third kappa shape index (κ3) is 3.56. The van der Waals surface area contributed by atoms with Crippen LogP contribution in [0.1, 0.15) is 25.7 Å². The summed E-state index contributed by atoms with van der Waals surface area (Å²) in [6, 6.07) is 3.78. The molecule has 1 fully saturated rings. The molecule has 0 amide bonds. The fourth-order valence-corrected chi connectivity index (χ4v) is 4.68. The molecule has 4 nitrogen and oxygen atoms in total. The van der Waals surface area contributed by atoms with Gasteiger partial charge in [0.2, 0.25) is 10.0 Å². The standard InChI is InChI=1S/C14H20ClFN2O2S/c1-17-11-4-6-12(7-5-11)18(2)21(19,20)14-8-3-10(16)9-13(14)15/h3,8-9,11-12,17H,4-7H2,1-2H3. The van der Waals surface area contributed by atoms with Crippen LogP contribution in [0.3, 0.4) is 0 Å². The minimum Gasteiger partial charge on any atom is -0.317 e. The normalized spacial score (nSPS) is 23.5. The van der Waals surface area contributed by atoms with Crippen molar-refractivity contribution in [2.24, 2.45) is 0 Å². The summed E-state index contributed by atoms with van der Waals surface area (Å²) in [7, 11) is -0.207. The van der Waals surface area contributed by atoms with E-state index in [0.29, 0.717) is 6.04 Å². The summed E-state index contributed by atoms with van der Waals surface area (Å²) in [5.41, 5.74) is 0. The van der Waals surface area contributed by atoms with E-state index >= 15 is 0 Å². The van der Waals surface area contributed by atoms with E-state index in [0.717, 1.165) is 37.8 Å². The van der Waals surface area contributed by atoms with E-state index in [1.54, 1.807) is 7.05 Å². The predicted molar refractivity (Wildman–Crippen MR) is 81.5 cm³/mol. The van der Waals surface area contributed by atoms with E-state index < -0.39 is 15.8 Å². The number of hydrogen-bond donors (Lipinski definition) is 1. The molecule has 1 saturated carbocycles. The van der Waals surface area contributed by atoms with E-state index in [-0.39, 0.29) is 16.0 Å². The Kier molecular flexibility index (Phi) is 5.24.